The van der Waals surface area contributed by atoms with E-state index in [1.54, 1.807) is 0 Å². The molecule has 0 bridgehead atoms. The van der Waals surface area contributed by atoms with Crippen molar-refractivity contribution >= 4 is 17.5 Å². The van der Waals surface area contributed by atoms with E-state index in [1.807, 2.05) is 12.2 Å². The maximum atomic E-state index is 11.2. The zero-order chi connectivity index (χ0) is 11.5. The van der Waals surface area contributed by atoms with Crippen LogP contribution in [0.5, 0.6) is 0 Å². The van der Waals surface area contributed by atoms with Crippen LogP contribution in [0.25, 0.3) is 0 Å². The lowest BCUT2D eigenvalue weighted by Crippen LogP contribution is -2.30. The molecule has 0 radical (unpaired) electrons. The van der Waals surface area contributed by atoms with Crippen LogP contribution in [0.4, 0.5) is 0 Å². The van der Waals surface area contributed by atoms with E-state index in [0.717, 1.165) is 13.1 Å². The zero-order valence-corrected chi connectivity index (χ0v) is 10.3. The van der Waals surface area contributed by atoms with E-state index < -0.39 is 0 Å². The van der Waals surface area contributed by atoms with Crippen molar-refractivity contribution in [2.24, 2.45) is 5.92 Å². The Morgan fingerprint density at radius 3 is 2.73 bits per heavy atom. The molecule has 0 saturated carbocycles. The van der Waals surface area contributed by atoms with Gasteiger partial charge in [0.15, 0.2) is 0 Å². The third-order valence-corrected chi connectivity index (χ3v) is 1.93. The predicted octanol–water partition coefficient (Wildman–Crippen LogP) is 1.53. The fraction of sp³-hybridized carbons (Fsp3) is 0.727. The molecule has 0 aromatic rings. The van der Waals surface area contributed by atoms with Gasteiger partial charge < -0.3 is 10.6 Å². The summed E-state index contributed by atoms with van der Waals surface area (Å²) in [6, 6.07) is 0. The average molecular weight is 233 g/mol. The molecule has 0 aromatic carbocycles. The highest BCUT2D eigenvalue weighted by molar-refractivity contribution is 6.18. The van der Waals surface area contributed by atoms with Crippen molar-refractivity contribution in [2.45, 2.75) is 20.3 Å². The molecule has 4 heteroatoms. The molecule has 0 aliphatic heterocycles. The Hall–Kier alpha value is -0.540. The zero-order valence-electron chi connectivity index (χ0n) is 9.55. The van der Waals surface area contributed by atoms with Gasteiger partial charge in [0.25, 0.3) is 0 Å². The van der Waals surface area contributed by atoms with Crippen molar-refractivity contribution in [3.63, 3.8) is 0 Å². The van der Waals surface area contributed by atoms with Gasteiger partial charge in [-0.15, -0.1) is 11.6 Å². The molecular weight excluding hydrogens is 212 g/mol. The lowest BCUT2D eigenvalue weighted by Gasteiger charge is -2.07. The molecule has 3 nitrogen and oxygen atoms in total. The maximum Gasteiger partial charge on any atom is 0.221 e. The largest absolute Gasteiger partial charge is 0.356 e. The van der Waals surface area contributed by atoms with Crippen LogP contribution in [0, 0.1) is 5.92 Å². The number of carbonyl (C=O) groups is 1. The normalized spacial score (nSPS) is 11.2. The Balaban J connectivity index is 3.27. The molecule has 0 aromatic heterocycles. The lowest BCUT2D eigenvalue weighted by atomic mass is 10.2. The number of nitrogens with one attached hydrogen (secondary N) is 2. The molecule has 2 N–H and O–H groups in total. The predicted molar refractivity (Wildman–Crippen MR) is 65.2 cm³/mol. The van der Waals surface area contributed by atoms with Crippen molar-refractivity contribution in [1.29, 1.82) is 0 Å². The van der Waals surface area contributed by atoms with Crippen LogP contribution < -0.4 is 10.6 Å². The van der Waals surface area contributed by atoms with Gasteiger partial charge in [-0.2, -0.15) is 0 Å². The molecule has 0 unspecified atom stereocenters. The number of allylic oxidation sites excluding steroid dienone is 1. The smallest absolute Gasteiger partial charge is 0.221 e. The van der Waals surface area contributed by atoms with Crippen molar-refractivity contribution in [3.05, 3.63) is 12.2 Å². The fourth-order valence-corrected chi connectivity index (χ4v) is 1.07. The van der Waals surface area contributed by atoms with E-state index >= 15 is 0 Å². The molecule has 0 spiro atoms. The summed E-state index contributed by atoms with van der Waals surface area (Å²) in [6.07, 6.45) is 4.37. The summed E-state index contributed by atoms with van der Waals surface area (Å²) in [4.78, 5) is 11.2. The van der Waals surface area contributed by atoms with Gasteiger partial charge in [0.2, 0.25) is 5.91 Å². The van der Waals surface area contributed by atoms with Gasteiger partial charge in [0, 0.05) is 31.9 Å². The topological polar surface area (TPSA) is 41.1 Å². The molecule has 0 heterocycles. The minimum Gasteiger partial charge on any atom is -0.356 e. The van der Waals surface area contributed by atoms with Gasteiger partial charge in [0.05, 0.1) is 0 Å². The van der Waals surface area contributed by atoms with E-state index in [0.29, 0.717) is 24.8 Å². The van der Waals surface area contributed by atoms with Crippen LogP contribution in [-0.2, 0) is 4.79 Å². The second kappa shape index (κ2) is 9.99. The first-order valence-electron chi connectivity index (χ1n) is 5.35. The Morgan fingerprint density at radius 2 is 2.13 bits per heavy atom. The molecule has 0 saturated heterocycles. The minimum absolute atomic E-state index is 0.109. The Bertz CT molecular complexity index is 193. The molecule has 1 amide bonds. The van der Waals surface area contributed by atoms with Gasteiger partial charge in [-0.25, -0.2) is 0 Å². The molecule has 0 fully saturated rings. The monoisotopic (exact) mass is 232 g/mol. The minimum atomic E-state index is 0.109. The SMILES string of the molecule is CC(C)CNC(=O)CCNC/C=C/CCl. The molecule has 0 rings (SSSR count). The third kappa shape index (κ3) is 11.4. The molecular formula is C11H21ClN2O. The van der Waals surface area contributed by atoms with Crippen molar-refractivity contribution in [3.8, 4) is 0 Å². The summed E-state index contributed by atoms with van der Waals surface area (Å²) in [5.41, 5.74) is 0. The Morgan fingerprint density at radius 1 is 1.40 bits per heavy atom. The second-order valence-corrected chi connectivity index (χ2v) is 4.09. The summed E-state index contributed by atoms with van der Waals surface area (Å²) in [7, 11) is 0. The fourth-order valence-electron chi connectivity index (χ4n) is 0.940. The van der Waals surface area contributed by atoms with Gasteiger partial charge >= 0.3 is 0 Å². The highest BCUT2D eigenvalue weighted by atomic mass is 35.5. The van der Waals surface area contributed by atoms with Crippen molar-refractivity contribution in [2.75, 3.05) is 25.5 Å². The van der Waals surface area contributed by atoms with E-state index in [4.69, 9.17) is 11.6 Å². The first-order valence-corrected chi connectivity index (χ1v) is 5.88. The van der Waals surface area contributed by atoms with Gasteiger partial charge in [-0.3, -0.25) is 4.79 Å². The summed E-state index contributed by atoms with van der Waals surface area (Å²) in [6.45, 7) is 6.39. The summed E-state index contributed by atoms with van der Waals surface area (Å²) < 4.78 is 0. The highest BCUT2D eigenvalue weighted by Gasteiger charge is 2.00. The maximum absolute atomic E-state index is 11.2. The van der Waals surface area contributed by atoms with Crippen LogP contribution in [0.3, 0.4) is 0 Å². The first-order chi connectivity index (χ1) is 7.16. The number of halogens is 1. The quantitative estimate of drug-likeness (QED) is 0.379. The Kier molecular flexibility index (Phi) is 9.63. The first kappa shape index (κ1) is 14.5. The van der Waals surface area contributed by atoms with Crippen LogP contribution in [-0.4, -0.2) is 31.4 Å². The summed E-state index contributed by atoms with van der Waals surface area (Å²) in [5, 5.41) is 6.00. The molecule has 0 atom stereocenters. The van der Waals surface area contributed by atoms with Gasteiger partial charge in [0.1, 0.15) is 0 Å². The summed E-state index contributed by atoms with van der Waals surface area (Å²) in [5.74, 6) is 1.15. The lowest BCUT2D eigenvalue weighted by molar-refractivity contribution is -0.121. The van der Waals surface area contributed by atoms with Gasteiger partial charge in [-0.1, -0.05) is 26.0 Å². The number of hydrogen-bond donors (Lipinski definition) is 2. The third-order valence-electron chi connectivity index (χ3n) is 1.75. The summed E-state index contributed by atoms with van der Waals surface area (Å²) >= 11 is 5.46. The number of amides is 1. The van der Waals surface area contributed by atoms with Crippen LogP contribution in [0.15, 0.2) is 12.2 Å². The number of alkyl halides is 1. The standard InChI is InChI=1S/C11H21ClN2O/c1-10(2)9-14-11(15)5-8-13-7-4-3-6-12/h3-4,10,13H,5-9H2,1-2H3,(H,14,15)/b4-3+. The molecule has 0 aliphatic carbocycles. The van der Waals surface area contributed by atoms with E-state index in [2.05, 4.69) is 24.5 Å². The molecule has 88 valence electrons. The van der Waals surface area contributed by atoms with Crippen LogP contribution >= 0.6 is 11.6 Å². The van der Waals surface area contributed by atoms with Crippen LogP contribution in [0.2, 0.25) is 0 Å². The Labute approximate surface area is 97.3 Å². The number of hydrogen-bond acceptors (Lipinski definition) is 2. The number of rotatable bonds is 8. The van der Waals surface area contributed by atoms with E-state index in [9.17, 15) is 4.79 Å². The van der Waals surface area contributed by atoms with Crippen LogP contribution in [0.1, 0.15) is 20.3 Å². The van der Waals surface area contributed by atoms with E-state index in [1.165, 1.54) is 0 Å². The van der Waals surface area contributed by atoms with Crippen molar-refractivity contribution in [1.82, 2.24) is 10.6 Å². The average Bonchev–Trinajstić information content (AvgIpc) is 2.20. The number of carbonyl (C=O) groups excluding carboxylic acids is 1. The molecule has 15 heavy (non-hydrogen) atoms. The highest BCUT2D eigenvalue weighted by Crippen LogP contribution is 1.87. The molecule has 0 aliphatic rings. The van der Waals surface area contributed by atoms with Gasteiger partial charge in [-0.05, 0) is 5.92 Å². The second-order valence-electron chi connectivity index (χ2n) is 3.78. The van der Waals surface area contributed by atoms with Crippen molar-refractivity contribution < 1.29 is 4.79 Å². The van der Waals surface area contributed by atoms with E-state index in [-0.39, 0.29) is 5.91 Å².